The molecule has 0 amide bonds. The molecule has 172 valence electrons. The van der Waals surface area contributed by atoms with Crippen LogP contribution in [0.1, 0.15) is 6.92 Å². The number of aryl methyl sites for hydroxylation is 1. The summed E-state index contributed by atoms with van der Waals surface area (Å²) >= 11 is 0. The summed E-state index contributed by atoms with van der Waals surface area (Å²) < 4.78 is 28.7. The number of imidazole rings is 1. The molecule has 0 fully saturated rings. The van der Waals surface area contributed by atoms with Crippen molar-refractivity contribution in [2.24, 2.45) is 7.05 Å². The summed E-state index contributed by atoms with van der Waals surface area (Å²) in [6.45, 7) is 2.10. The Kier molecular flexibility index (Phi) is 5.21. The fourth-order valence-electron chi connectivity index (χ4n) is 4.33. The summed E-state index contributed by atoms with van der Waals surface area (Å²) in [4.78, 5) is 22.1. The van der Waals surface area contributed by atoms with Crippen LogP contribution in [0.25, 0.3) is 38.8 Å². The Bertz CT molecular complexity index is 1690. The van der Waals surface area contributed by atoms with Crippen LogP contribution < -0.4 is 9.99 Å². The van der Waals surface area contributed by atoms with Gasteiger partial charge in [-0.05, 0) is 55.0 Å². The highest BCUT2D eigenvalue weighted by atomic mass is 32.2. The van der Waals surface area contributed by atoms with Crippen LogP contribution in [0, 0.1) is 0 Å². The molecule has 0 bridgehead atoms. The smallest absolute Gasteiger partial charge is 0.293 e. The molecular formula is C25H23N5O3S. The second kappa shape index (κ2) is 8.11. The highest BCUT2D eigenvalue weighted by molar-refractivity contribution is 7.92. The van der Waals surface area contributed by atoms with Crippen LogP contribution in [0.4, 0.5) is 5.69 Å². The largest absolute Gasteiger partial charge is 0.333 e. The van der Waals surface area contributed by atoms with Crippen LogP contribution >= 0.6 is 0 Å². The Hall–Kier alpha value is -3.98. The predicted octanol–water partition coefficient (Wildman–Crippen LogP) is 3.73. The lowest BCUT2D eigenvalue weighted by molar-refractivity contribution is 0.598. The van der Waals surface area contributed by atoms with Crippen LogP contribution in [0.15, 0.2) is 78.0 Å². The van der Waals surface area contributed by atoms with E-state index >= 15 is 0 Å². The van der Waals surface area contributed by atoms with Gasteiger partial charge in [-0.3, -0.25) is 23.4 Å². The highest BCUT2D eigenvalue weighted by Crippen LogP contribution is 2.30. The Balaban J connectivity index is 1.75. The molecule has 0 saturated heterocycles. The number of fused-ring (bicyclic) bond motifs is 3. The topological polar surface area (TPSA) is 90.1 Å². The zero-order chi connectivity index (χ0) is 24.0. The summed E-state index contributed by atoms with van der Waals surface area (Å²) in [5, 5.41) is 0.840. The van der Waals surface area contributed by atoms with Gasteiger partial charge >= 0.3 is 5.69 Å². The molecule has 0 unspecified atom stereocenters. The predicted molar refractivity (Wildman–Crippen MR) is 135 cm³/mol. The van der Waals surface area contributed by atoms with E-state index in [1.807, 2.05) is 30.3 Å². The van der Waals surface area contributed by atoms with E-state index in [1.54, 1.807) is 66.0 Å². The number of hydrogen-bond donors (Lipinski definition) is 0. The van der Waals surface area contributed by atoms with E-state index in [4.69, 9.17) is 0 Å². The van der Waals surface area contributed by atoms with Gasteiger partial charge in [-0.15, -0.1) is 0 Å². The lowest BCUT2D eigenvalue weighted by Crippen LogP contribution is -2.29. The zero-order valence-electron chi connectivity index (χ0n) is 19.0. The number of nitrogens with zero attached hydrogens (tertiary/aromatic N) is 5. The first-order valence-electron chi connectivity index (χ1n) is 10.8. The quantitative estimate of drug-likeness (QED) is 0.388. The van der Waals surface area contributed by atoms with Gasteiger partial charge in [0.15, 0.2) is 0 Å². The zero-order valence-corrected chi connectivity index (χ0v) is 19.8. The molecule has 8 nitrogen and oxygen atoms in total. The third-order valence-corrected chi connectivity index (χ3v) is 7.23. The minimum atomic E-state index is -3.40. The van der Waals surface area contributed by atoms with Crippen LogP contribution in [-0.2, 0) is 17.1 Å². The van der Waals surface area contributed by atoms with Crippen molar-refractivity contribution >= 4 is 37.6 Å². The molecule has 0 N–H and O–H groups in total. The molecule has 5 aromatic rings. The van der Waals surface area contributed by atoms with Gasteiger partial charge in [-0.1, -0.05) is 12.1 Å². The van der Waals surface area contributed by atoms with E-state index in [0.29, 0.717) is 23.4 Å². The molecule has 0 aliphatic heterocycles. The lowest BCUT2D eigenvalue weighted by Gasteiger charge is -2.20. The number of anilines is 1. The molecule has 0 radical (unpaired) electrons. The molecule has 0 saturated carbocycles. The first kappa shape index (κ1) is 21.8. The number of rotatable bonds is 5. The van der Waals surface area contributed by atoms with Gasteiger partial charge < -0.3 is 0 Å². The van der Waals surface area contributed by atoms with Crippen molar-refractivity contribution in [1.29, 1.82) is 0 Å². The first-order chi connectivity index (χ1) is 16.3. The number of hydrogen-bond acceptors (Lipinski definition) is 5. The van der Waals surface area contributed by atoms with Crippen molar-refractivity contribution in [2.45, 2.75) is 6.92 Å². The van der Waals surface area contributed by atoms with Crippen LogP contribution in [-0.4, -0.2) is 40.3 Å². The average Bonchev–Trinajstić information content (AvgIpc) is 3.10. The maximum Gasteiger partial charge on any atom is 0.333 e. The first-order valence-corrected chi connectivity index (χ1v) is 12.6. The molecule has 3 aromatic heterocycles. The number of benzene rings is 2. The molecule has 9 heteroatoms. The van der Waals surface area contributed by atoms with Crippen LogP contribution in [0.3, 0.4) is 0 Å². The minimum Gasteiger partial charge on any atom is -0.293 e. The normalized spacial score (nSPS) is 11.9. The fraction of sp³-hybridized carbons (Fsp3) is 0.160. The lowest BCUT2D eigenvalue weighted by atomic mass is 10.0. The third kappa shape index (κ3) is 3.54. The van der Waals surface area contributed by atoms with Gasteiger partial charge in [0.2, 0.25) is 10.0 Å². The Morgan fingerprint density at radius 1 is 1.00 bits per heavy atom. The third-order valence-electron chi connectivity index (χ3n) is 5.96. The maximum atomic E-state index is 13.3. The molecule has 0 aliphatic carbocycles. The van der Waals surface area contributed by atoms with E-state index in [-0.39, 0.29) is 5.69 Å². The van der Waals surface area contributed by atoms with Crippen molar-refractivity contribution in [1.82, 2.24) is 19.1 Å². The SMILES string of the molecule is CCN(c1ccc(-n2c(=O)n(C)c3cnc4ccc(-c5cccnc5)cc4c32)cc1)S(C)(=O)=O. The highest BCUT2D eigenvalue weighted by Gasteiger charge is 2.19. The summed E-state index contributed by atoms with van der Waals surface area (Å²) in [5.41, 5.74) is 5.14. The molecule has 34 heavy (non-hydrogen) atoms. The van der Waals surface area contributed by atoms with Gasteiger partial charge in [0, 0.05) is 36.9 Å². The molecule has 5 rings (SSSR count). The summed E-state index contributed by atoms with van der Waals surface area (Å²) in [6, 6.07) is 16.8. The maximum absolute atomic E-state index is 13.3. The second-order valence-electron chi connectivity index (χ2n) is 8.09. The standard InChI is InChI=1S/C25H23N5O3S/c1-4-29(34(3,32)33)19-8-10-20(11-9-19)30-24-21-14-17(18-6-5-13-26-15-18)7-12-22(21)27-16-23(24)28(2)25(30)31/h5-16H,4H2,1-3H3. The molecule has 0 aliphatic rings. The molecule has 0 atom stereocenters. The monoisotopic (exact) mass is 473 g/mol. The minimum absolute atomic E-state index is 0.209. The molecule has 0 spiro atoms. The van der Waals surface area contributed by atoms with E-state index < -0.39 is 10.0 Å². The van der Waals surface area contributed by atoms with Crippen molar-refractivity contribution in [2.75, 3.05) is 17.1 Å². The van der Waals surface area contributed by atoms with Gasteiger partial charge in [-0.25, -0.2) is 13.2 Å². The second-order valence-corrected chi connectivity index (χ2v) is 9.99. The summed E-state index contributed by atoms with van der Waals surface area (Å²) in [6.07, 6.45) is 6.41. The van der Waals surface area contributed by atoms with Gasteiger partial charge in [-0.2, -0.15) is 0 Å². The van der Waals surface area contributed by atoms with Crippen molar-refractivity contribution in [3.63, 3.8) is 0 Å². The van der Waals surface area contributed by atoms with Crippen molar-refractivity contribution in [3.05, 3.63) is 83.7 Å². The molecule has 2 aromatic carbocycles. The summed E-state index contributed by atoms with van der Waals surface area (Å²) in [5.74, 6) is 0. The van der Waals surface area contributed by atoms with Crippen molar-refractivity contribution in [3.8, 4) is 16.8 Å². The van der Waals surface area contributed by atoms with E-state index in [9.17, 15) is 13.2 Å². The van der Waals surface area contributed by atoms with Gasteiger partial charge in [0.1, 0.15) is 0 Å². The Morgan fingerprint density at radius 2 is 1.76 bits per heavy atom. The molecule has 3 heterocycles. The van der Waals surface area contributed by atoms with Gasteiger partial charge in [0.05, 0.1) is 40.4 Å². The van der Waals surface area contributed by atoms with Crippen LogP contribution in [0.2, 0.25) is 0 Å². The van der Waals surface area contributed by atoms with E-state index in [0.717, 1.165) is 27.5 Å². The van der Waals surface area contributed by atoms with E-state index in [2.05, 4.69) is 9.97 Å². The Morgan fingerprint density at radius 3 is 2.41 bits per heavy atom. The number of pyridine rings is 2. The van der Waals surface area contributed by atoms with E-state index in [1.165, 1.54) is 10.6 Å². The number of sulfonamides is 1. The fourth-order valence-corrected chi connectivity index (χ4v) is 5.30. The van der Waals surface area contributed by atoms with Gasteiger partial charge in [0.25, 0.3) is 0 Å². The summed E-state index contributed by atoms with van der Waals surface area (Å²) in [7, 11) is -1.68. The molecular weight excluding hydrogens is 450 g/mol. The Labute approximate surface area is 196 Å². The van der Waals surface area contributed by atoms with Crippen LogP contribution in [0.5, 0.6) is 0 Å². The average molecular weight is 474 g/mol. The van der Waals surface area contributed by atoms with Crippen molar-refractivity contribution < 1.29 is 8.42 Å². The number of aromatic nitrogens is 4.